The van der Waals surface area contributed by atoms with Gasteiger partial charge >= 0.3 is 6.18 Å². The second kappa shape index (κ2) is 9.62. The number of para-hydroxylation sites is 1. The highest BCUT2D eigenvalue weighted by molar-refractivity contribution is 6.30. The Morgan fingerprint density at radius 2 is 1.78 bits per heavy atom. The molecule has 0 aromatic heterocycles. The van der Waals surface area contributed by atoms with Crippen molar-refractivity contribution in [1.29, 1.82) is 5.26 Å². The van der Waals surface area contributed by atoms with Gasteiger partial charge in [0.05, 0.1) is 16.8 Å². The minimum Gasteiger partial charge on any atom is -0.456 e. The third-order valence-corrected chi connectivity index (χ3v) is 4.65. The van der Waals surface area contributed by atoms with E-state index < -0.39 is 23.7 Å². The van der Waals surface area contributed by atoms with E-state index >= 15 is 0 Å². The summed E-state index contributed by atoms with van der Waals surface area (Å²) in [4.78, 5) is 12.4. The fraction of sp³-hybridized carbons (Fsp3) is 0.130. The van der Waals surface area contributed by atoms with E-state index in [4.69, 9.17) is 21.6 Å². The molecule has 32 heavy (non-hydrogen) atoms. The number of anilines is 2. The number of halogens is 4. The van der Waals surface area contributed by atoms with E-state index in [0.29, 0.717) is 22.7 Å². The van der Waals surface area contributed by atoms with E-state index in [1.54, 1.807) is 48.5 Å². The SMILES string of the molecule is CC(Nc1ccc(Oc2ccccc2C#N)cc1)C(=O)Nc1ccc(Cl)cc1C(F)(F)F. The topological polar surface area (TPSA) is 74.1 Å². The van der Waals surface area contributed by atoms with Gasteiger partial charge in [0.25, 0.3) is 0 Å². The molecule has 0 aliphatic rings. The molecule has 0 fully saturated rings. The molecule has 1 atom stereocenters. The highest BCUT2D eigenvalue weighted by atomic mass is 35.5. The van der Waals surface area contributed by atoms with E-state index in [-0.39, 0.29) is 10.7 Å². The number of carbonyl (C=O) groups is 1. The standard InChI is InChI=1S/C23H17ClF3N3O2/c1-14(22(31)30-20-11-6-16(24)12-19(20)23(25,26)27)29-17-7-9-18(10-8-17)32-21-5-3-2-4-15(21)13-28/h2-12,14,29H,1H3,(H,30,31). The number of amides is 1. The fourth-order valence-corrected chi connectivity index (χ4v) is 2.98. The number of rotatable bonds is 6. The van der Waals surface area contributed by atoms with Crippen LogP contribution in [0.3, 0.4) is 0 Å². The molecular weight excluding hydrogens is 443 g/mol. The second-order valence-corrected chi connectivity index (χ2v) is 7.21. The molecule has 0 saturated heterocycles. The van der Waals surface area contributed by atoms with Crippen LogP contribution in [0.1, 0.15) is 18.1 Å². The van der Waals surface area contributed by atoms with Gasteiger partial charge in [-0.2, -0.15) is 18.4 Å². The third kappa shape index (κ3) is 5.71. The number of nitriles is 1. The first-order valence-electron chi connectivity index (χ1n) is 9.38. The van der Waals surface area contributed by atoms with Crippen molar-refractivity contribution in [1.82, 2.24) is 0 Å². The van der Waals surface area contributed by atoms with Gasteiger partial charge < -0.3 is 15.4 Å². The van der Waals surface area contributed by atoms with Crippen LogP contribution in [0.5, 0.6) is 11.5 Å². The molecule has 9 heteroatoms. The van der Waals surface area contributed by atoms with E-state index in [1.165, 1.54) is 13.0 Å². The van der Waals surface area contributed by atoms with Crippen LogP contribution in [-0.2, 0) is 11.0 Å². The Morgan fingerprint density at radius 1 is 1.09 bits per heavy atom. The first-order chi connectivity index (χ1) is 15.2. The molecule has 2 N–H and O–H groups in total. The smallest absolute Gasteiger partial charge is 0.418 e. The van der Waals surface area contributed by atoms with Crippen molar-refractivity contribution in [3.05, 3.63) is 82.9 Å². The lowest BCUT2D eigenvalue weighted by molar-refractivity contribution is -0.137. The van der Waals surface area contributed by atoms with Crippen LogP contribution >= 0.6 is 11.6 Å². The number of benzene rings is 3. The lowest BCUT2D eigenvalue weighted by Crippen LogP contribution is -2.32. The van der Waals surface area contributed by atoms with Crippen LogP contribution < -0.4 is 15.4 Å². The molecule has 1 amide bonds. The van der Waals surface area contributed by atoms with Crippen LogP contribution in [0.25, 0.3) is 0 Å². The number of alkyl halides is 3. The van der Waals surface area contributed by atoms with Gasteiger partial charge in [0.1, 0.15) is 23.6 Å². The summed E-state index contributed by atoms with van der Waals surface area (Å²) in [7, 11) is 0. The maximum Gasteiger partial charge on any atom is 0.418 e. The van der Waals surface area contributed by atoms with E-state index in [0.717, 1.165) is 12.1 Å². The van der Waals surface area contributed by atoms with Gasteiger partial charge in [-0.3, -0.25) is 4.79 Å². The minimum absolute atomic E-state index is 0.0822. The highest BCUT2D eigenvalue weighted by Gasteiger charge is 2.34. The van der Waals surface area contributed by atoms with Gasteiger partial charge in [0.15, 0.2) is 0 Å². The minimum atomic E-state index is -4.66. The van der Waals surface area contributed by atoms with Gasteiger partial charge in [-0.05, 0) is 61.5 Å². The summed E-state index contributed by atoms with van der Waals surface area (Å²) in [5.41, 5.74) is -0.453. The van der Waals surface area contributed by atoms with Crippen molar-refractivity contribution >= 4 is 28.9 Å². The molecule has 5 nitrogen and oxygen atoms in total. The normalized spacial score (nSPS) is 11.9. The van der Waals surface area contributed by atoms with Gasteiger partial charge in [-0.25, -0.2) is 0 Å². The van der Waals surface area contributed by atoms with Crippen LogP contribution in [0, 0.1) is 11.3 Å². The first-order valence-corrected chi connectivity index (χ1v) is 9.76. The summed E-state index contributed by atoms with van der Waals surface area (Å²) in [6, 6.07) is 17.7. The van der Waals surface area contributed by atoms with Crippen molar-refractivity contribution in [2.75, 3.05) is 10.6 Å². The zero-order valence-corrected chi connectivity index (χ0v) is 17.5. The van der Waals surface area contributed by atoms with E-state index in [9.17, 15) is 18.0 Å². The second-order valence-electron chi connectivity index (χ2n) is 6.78. The number of hydrogen-bond donors (Lipinski definition) is 2. The molecule has 0 spiro atoms. The summed E-state index contributed by atoms with van der Waals surface area (Å²) in [5, 5.41) is 14.2. The molecule has 0 radical (unpaired) electrons. The molecule has 3 aromatic carbocycles. The molecule has 3 aromatic rings. The van der Waals surface area contributed by atoms with Gasteiger partial charge in [0.2, 0.25) is 5.91 Å². The predicted molar refractivity (Wildman–Crippen MR) is 116 cm³/mol. The summed E-state index contributed by atoms with van der Waals surface area (Å²) >= 11 is 5.66. The summed E-state index contributed by atoms with van der Waals surface area (Å²) in [6.45, 7) is 1.52. The molecule has 0 bridgehead atoms. The van der Waals surface area contributed by atoms with Crippen molar-refractivity contribution in [2.24, 2.45) is 0 Å². The zero-order chi connectivity index (χ0) is 23.3. The molecule has 1 unspecified atom stereocenters. The van der Waals surface area contributed by atoms with Crippen molar-refractivity contribution in [3.63, 3.8) is 0 Å². The Labute approximate surface area is 187 Å². The number of nitrogens with one attached hydrogen (secondary N) is 2. The summed E-state index contributed by atoms with van der Waals surface area (Å²) < 4.78 is 45.3. The zero-order valence-electron chi connectivity index (χ0n) is 16.7. The van der Waals surface area contributed by atoms with Crippen LogP contribution in [0.4, 0.5) is 24.5 Å². The molecule has 0 aliphatic carbocycles. The number of nitrogens with zero attached hydrogens (tertiary/aromatic N) is 1. The molecule has 0 aliphatic heterocycles. The third-order valence-electron chi connectivity index (χ3n) is 4.41. The van der Waals surface area contributed by atoms with Crippen molar-refractivity contribution in [2.45, 2.75) is 19.1 Å². The van der Waals surface area contributed by atoms with E-state index in [2.05, 4.69) is 10.6 Å². The Hall–Kier alpha value is -3.70. The van der Waals surface area contributed by atoms with Crippen LogP contribution in [0.2, 0.25) is 5.02 Å². The number of ether oxygens (including phenoxy) is 1. The average molecular weight is 460 g/mol. The maximum atomic E-state index is 13.2. The lowest BCUT2D eigenvalue weighted by Gasteiger charge is -2.18. The fourth-order valence-electron chi connectivity index (χ4n) is 2.81. The highest BCUT2D eigenvalue weighted by Crippen LogP contribution is 2.36. The number of carbonyl (C=O) groups excluding carboxylic acids is 1. The summed E-state index contributed by atoms with van der Waals surface area (Å²) in [6.07, 6.45) is -4.66. The van der Waals surface area contributed by atoms with Gasteiger partial charge in [-0.1, -0.05) is 23.7 Å². The summed E-state index contributed by atoms with van der Waals surface area (Å²) in [5.74, 6) is 0.235. The predicted octanol–water partition coefficient (Wildman–Crippen LogP) is 6.46. The van der Waals surface area contributed by atoms with Crippen LogP contribution in [0.15, 0.2) is 66.7 Å². The first kappa shape index (κ1) is 23.0. The Morgan fingerprint density at radius 3 is 2.44 bits per heavy atom. The Bertz CT molecular complexity index is 1160. The quantitative estimate of drug-likeness (QED) is 0.443. The maximum absolute atomic E-state index is 13.2. The van der Waals surface area contributed by atoms with E-state index in [1.807, 2.05) is 6.07 Å². The molecule has 164 valence electrons. The number of hydrogen-bond acceptors (Lipinski definition) is 4. The molecular formula is C23H17ClF3N3O2. The monoisotopic (exact) mass is 459 g/mol. The van der Waals surface area contributed by atoms with Gasteiger partial charge in [-0.15, -0.1) is 0 Å². The van der Waals surface area contributed by atoms with Gasteiger partial charge in [0, 0.05) is 10.7 Å². The molecule has 0 heterocycles. The Balaban J connectivity index is 1.66. The molecule has 0 saturated carbocycles. The largest absolute Gasteiger partial charge is 0.456 e. The van der Waals surface area contributed by atoms with Crippen LogP contribution in [-0.4, -0.2) is 11.9 Å². The Kier molecular flexibility index (Phi) is 6.91. The molecule has 3 rings (SSSR count). The van der Waals surface area contributed by atoms with Crippen molar-refractivity contribution in [3.8, 4) is 17.6 Å². The average Bonchev–Trinajstić information content (AvgIpc) is 2.76. The lowest BCUT2D eigenvalue weighted by atomic mass is 10.1. The van der Waals surface area contributed by atoms with Crippen molar-refractivity contribution < 1.29 is 22.7 Å².